The highest BCUT2D eigenvalue weighted by Crippen LogP contribution is 2.12. The van der Waals surface area contributed by atoms with Crippen LogP contribution < -0.4 is 5.32 Å². The second-order valence-electron chi connectivity index (χ2n) is 6.73. The molecular formula is C19H32BrN5. The van der Waals surface area contributed by atoms with Crippen LogP contribution in [0.4, 0.5) is 0 Å². The lowest BCUT2D eigenvalue weighted by atomic mass is 10.2. The first-order chi connectivity index (χ1) is 12.0. The molecule has 5 nitrogen and oxygen atoms in total. The lowest BCUT2D eigenvalue weighted by Gasteiger charge is -2.38. The van der Waals surface area contributed by atoms with Crippen LogP contribution in [0, 0.1) is 0 Å². The molecule has 0 bridgehead atoms. The van der Waals surface area contributed by atoms with E-state index in [2.05, 4.69) is 86.1 Å². The molecule has 0 radical (unpaired) electrons. The maximum atomic E-state index is 4.44. The Balaban J connectivity index is 1.80. The second-order valence-corrected chi connectivity index (χ2v) is 7.65. The van der Waals surface area contributed by atoms with E-state index in [1.165, 1.54) is 18.7 Å². The number of piperazine rings is 1. The predicted octanol–water partition coefficient (Wildman–Crippen LogP) is 2.48. The quantitative estimate of drug-likeness (QED) is 0.577. The Hall–Kier alpha value is -1.11. The largest absolute Gasteiger partial charge is 0.355 e. The molecule has 6 heteroatoms. The van der Waals surface area contributed by atoms with Gasteiger partial charge in [-0.05, 0) is 31.2 Å². The van der Waals surface area contributed by atoms with Gasteiger partial charge in [0.25, 0.3) is 0 Å². The highest BCUT2D eigenvalue weighted by atomic mass is 79.9. The molecule has 1 aliphatic rings. The number of aliphatic imine (C=N–C) groups is 1. The first-order valence-corrected chi connectivity index (χ1v) is 9.95. The molecule has 0 saturated carbocycles. The van der Waals surface area contributed by atoms with Crippen molar-refractivity contribution < 1.29 is 0 Å². The molecule has 25 heavy (non-hydrogen) atoms. The zero-order valence-corrected chi connectivity index (χ0v) is 17.6. The van der Waals surface area contributed by atoms with Gasteiger partial charge in [-0.3, -0.25) is 9.89 Å². The van der Waals surface area contributed by atoms with Crippen LogP contribution in [0.15, 0.2) is 33.7 Å². The Morgan fingerprint density at radius 3 is 2.44 bits per heavy atom. The van der Waals surface area contributed by atoms with E-state index in [0.717, 1.165) is 43.2 Å². The van der Waals surface area contributed by atoms with Gasteiger partial charge >= 0.3 is 0 Å². The lowest BCUT2D eigenvalue weighted by molar-refractivity contribution is 0.107. The minimum Gasteiger partial charge on any atom is -0.355 e. The summed E-state index contributed by atoms with van der Waals surface area (Å²) in [5.41, 5.74) is 1.28. The third kappa shape index (κ3) is 6.28. The van der Waals surface area contributed by atoms with Crippen LogP contribution >= 0.6 is 15.9 Å². The van der Waals surface area contributed by atoms with Gasteiger partial charge in [0, 0.05) is 63.9 Å². The second kappa shape index (κ2) is 10.1. The molecule has 1 aromatic rings. The molecule has 1 saturated heterocycles. The smallest absolute Gasteiger partial charge is 0.193 e. The molecule has 0 aromatic heterocycles. The van der Waals surface area contributed by atoms with Crippen molar-refractivity contribution in [2.45, 2.75) is 26.4 Å². The summed E-state index contributed by atoms with van der Waals surface area (Å²) in [7, 11) is 3.94. The average molecular weight is 410 g/mol. The van der Waals surface area contributed by atoms with Crippen molar-refractivity contribution >= 4 is 21.9 Å². The third-order valence-corrected chi connectivity index (χ3v) is 5.47. The molecule has 1 atom stereocenters. The van der Waals surface area contributed by atoms with Gasteiger partial charge in [0.15, 0.2) is 5.96 Å². The van der Waals surface area contributed by atoms with E-state index in [4.69, 9.17) is 0 Å². The fraction of sp³-hybridized carbons (Fsp3) is 0.632. The number of likely N-dealkylation sites (N-methyl/N-ethyl adjacent to an activating group) is 1. The van der Waals surface area contributed by atoms with Crippen LogP contribution in [0.5, 0.6) is 0 Å². The standard InChI is InChI=1S/C19H32BrN5/c1-5-24-10-12-25(13-11-24)16(2)14-22-19(21-3)23(4)15-17-6-8-18(20)9-7-17/h6-9,16H,5,10-15H2,1-4H3,(H,21,22). The minimum absolute atomic E-state index is 0.511. The summed E-state index contributed by atoms with van der Waals surface area (Å²) in [6.45, 7) is 12.1. The van der Waals surface area contributed by atoms with Gasteiger partial charge in [-0.15, -0.1) is 0 Å². The molecular weight excluding hydrogens is 378 g/mol. The summed E-state index contributed by atoms with van der Waals surface area (Å²) >= 11 is 3.48. The lowest BCUT2D eigenvalue weighted by Crippen LogP contribution is -2.53. The van der Waals surface area contributed by atoms with Crippen LogP contribution in [-0.4, -0.2) is 80.1 Å². The van der Waals surface area contributed by atoms with E-state index in [0.29, 0.717) is 6.04 Å². The maximum absolute atomic E-state index is 4.44. The Morgan fingerprint density at radius 2 is 1.88 bits per heavy atom. The normalized spacial score (nSPS) is 18.2. The van der Waals surface area contributed by atoms with Gasteiger partial charge in [-0.2, -0.15) is 0 Å². The molecule has 0 amide bonds. The summed E-state index contributed by atoms with van der Waals surface area (Å²) in [5.74, 6) is 0.946. The van der Waals surface area contributed by atoms with E-state index in [1.54, 1.807) is 0 Å². The first-order valence-electron chi connectivity index (χ1n) is 9.16. The number of benzene rings is 1. The average Bonchev–Trinajstić information content (AvgIpc) is 2.64. The summed E-state index contributed by atoms with van der Waals surface area (Å²) in [5, 5.41) is 3.53. The SMILES string of the molecule is CCN1CCN(C(C)CNC(=NC)N(C)Cc2ccc(Br)cc2)CC1. The number of hydrogen-bond donors (Lipinski definition) is 1. The summed E-state index contributed by atoms with van der Waals surface area (Å²) in [6, 6.07) is 8.96. The number of hydrogen-bond acceptors (Lipinski definition) is 3. The number of guanidine groups is 1. The fourth-order valence-corrected chi connectivity index (χ4v) is 3.48. The number of nitrogens with zero attached hydrogens (tertiary/aromatic N) is 4. The highest BCUT2D eigenvalue weighted by molar-refractivity contribution is 9.10. The van der Waals surface area contributed by atoms with Crippen molar-refractivity contribution in [3.8, 4) is 0 Å². The Kier molecular flexibility index (Phi) is 8.19. The molecule has 1 N–H and O–H groups in total. The highest BCUT2D eigenvalue weighted by Gasteiger charge is 2.20. The molecule has 1 aromatic carbocycles. The molecule has 0 spiro atoms. The first kappa shape index (κ1) is 20.2. The molecule has 1 fully saturated rings. The van der Waals surface area contributed by atoms with E-state index >= 15 is 0 Å². The molecule has 1 aliphatic heterocycles. The zero-order valence-electron chi connectivity index (χ0n) is 16.0. The Morgan fingerprint density at radius 1 is 1.24 bits per heavy atom. The summed E-state index contributed by atoms with van der Waals surface area (Å²) in [4.78, 5) is 11.7. The van der Waals surface area contributed by atoms with Gasteiger partial charge in [-0.1, -0.05) is 35.0 Å². The van der Waals surface area contributed by atoms with Crippen molar-refractivity contribution in [3.05, 3.63) is 34.3 Å². The molecule has 2 rings (SSSR count). The van der Waals surface area contributed by atoms with Crippen molar-refractivity contribution in [1.82, 2.24) is 20.0 Å². The Labute approximate surface area is 161 Å². The maximum Gasteiger partial charge on any atom is 0.193 e. The van der Waals surface area contributed by atoms with Gasteiger partial charge < -0.3 is 15.1 Å². The summed E-state index contributed by atoms with van der Waals surface area (Å²) in [6.07, 6.45) is 0. The molecule has 1 heterocycles. The molecule has 0 aliphatic carbocycles. The van der Waals surface area contributed by atoms with Crippen LogP contribution in [-0.2, 0) is 6.54 Å². The molecule has 140 valence electrons. The van der Waals surface area contributed by atoms with E-state index < -0.39 is 0 Å². The van der Waals surface area contributed by atoms with Gasteiger partial charge in [0.1, 0.15) is 0 Å². The topological polar surface area (TPSA) is 34.1 Å². The summed E-state index contributed by atoms with van der Waals surface area (Å²) < 4.78 is 1.11. The Bertz CT molecular complexity index is 537. The van der Waals surface area contributed by atoms with E-state index in [9.17, 15) is 0 Å². The molecule has 1 unspecified atom stereocenters. The monoisotopic (exact) mass is 409 g/mol. The van der Waals surface area contributed by atoms with Gasteiger partial charge in [0.05, 0.1) is 0 Å². The van der Waals surface area contributed by atoms with Crippen LogP contribution in [0.1, 0.15) is 19.4 Å². The van der Waals surface area contributed by atoms with Crippen molar-refractivity contribution in [1.29, 1.82) is 0 Å². The van der Waals surface area contributed by atoms with E-state index in [-0.39, 0.29) is 0 Å². The number of halogens is 1. The van der Waals surface area contributed by atoms with Crippen molar-refractivity contribution in [2.75, 3.05) is 53.4 Å². The van der Waals surface area contributed by atoms with Crippen LogP contribution in [0.2, 0.25) is 0 Å². The third-order valence-electron chi connectivity index (χ3n) is 4.94. The van der Waals surface area contributed by atoms with Gasteiger partial charge in [-0.25, -0.2) is 0 Å². The van der Waals surface area contributed by atoms with Gasteiger partial charge in [0.2, 0.25) is 0 Å². The predicted molar refractivity (Wildman–Crippen MR) is 110 cm³/mol. The fourth-order valence-electron chi connectivity index (χ4n) is 3.21. The van der Waals surface area contributed by atoms with Crippen LogP contribution in [0.3, 0.4) is 0 Å². The number of nitrogens with one attached hydrogen (secondary N) is 1. The number of rotatable bonds is 6. The van der Waals surface area contributed by atoms with Crippen LogP contribution in [0.25, 0.3) is 0 Å². The van der Waals surface area contributed by atoms with Crippen molar-refractivity contribution in [2.24, 2.45) is 4.99 Å². The van der Waals surface area contributed by atoms with E-state index in [1.807, 2.05) is 7.05 Å². The zero-order chi connectivity index (χ0) is 18.2. The minimum atomic E-state index is 0.511. The van der Waals surface area contributed by atoms with Crippen molar-refractivity contribution in [3.63, 3.8) is 0 Å².